The Hall–Kier alpha value is -0.845. The minimum Gasteiger partial charge on any atom is -0.427 e. The first-order valence-corrected chi connectivity index (χ1v) is 8.40. The molecule has 0 unspecified atom stereocenters. The van der Waals surface area contributed by atoms with Crippen molar-refractivity contribution >= 4 is 22.8 Å². The summed E-state index contributed by atoms with van der Waals surface area (Å²) in [5, 5.41) is 10.0. The highest BCUT2D eigenvalue weighted by molar-refractivity contribution is 7.90. The molecule has 0 bridgehead atoms. The average molecular weight is 298 g/mol. The molecular weight excluding hydrogens is 275 g/mol. The molecule has 6 heteroatoms. The highest BCUT2D eigenvalue weighted by Crippen LogP contribution is 2.24. The van der Waals surface area contributed by atoms with Gasteiger partial charge in [0.15, 0.2) is 9.84 Å². The van der Waals surface area contributed by atoms with E-state index in [9.17, 15) is 13.5 Å². The molecule has 1 rings (SSSR count). The van der Waals surface area contributed by atoms with Crippen molar-refractivity contribution in [1.82, 2.24) is 0 Å². The first kappa shape index (κ1) is 17.2. The van der Waals surface area contributed by atoms with Crippen molar-refractivity contribution < 1.29 is 18.2 Å². The Bertz CT molecular complexity index is 586. The van der Waals surface area contributed by atoms with E-state index >= 15 is 0 Å². The van der Waals surface area contributed by atoms with Gasteiger partial charge in [0.2, 0.25) is 0 Å². The van der Waals surface area contributed by atoms with Gasteiger partial charge in [-0.25, -0.2) is 8.42 Å². The summed E-state index contributed by atoms with van der Waals surface area (Å²) in [6, 6.07) is 4.98. The zero-order chi connectivity index (χ0) is 15.8. The second-order valence-corrected chi connectivity index (χ2v) is 8.23. The summed E-state index contributed by atoms with van der Waals surface area (Å²) in [6.07, 6.45) is 1.19. The molecule has 0 aliphatic carbocycles. The number of sulfone groups is 1. The van der Waals surface area contributed by atoms with Crippen LogP contribution in [0.15, 0.2) is 23.1 Å². The smallest absolute Gasteiger partial charge is 0.309 e. The van der Waals surface area contributed by atoms with Crippen molar-refractivity contribution in [1.29, 1.82) is 0 Å². The first-order valence-electron chi connectivity index (χ1n) is 6.50. The van der Waals surface area contributed by atoms with Crippen LogP contribution in [-0.2, 0) is 14.5 Å². The third-order valence-corrected chi connectivity index (χ3v) is 4.91. The quantitative estimate of drug-likeness (QED) is 0.822. The topological polar surface area (TPSA) is 63.6 Å². The van der Waals surface area contributed by atoms with Crippen LogP contribution >= 0.6 is 0 Å². The molecule has 0 saturated heterocycles. The summed E-state index contributed by atoms with van der Waals surface area (Å²) in [5.41, 5.74) is 0.108. The Morgan fingerprint density at radius 2 is 1.75 bits per heavy atom. The molecule has 1 N–H and O–H groups in total. The lowest BCUT2D eigenvalue weighted by atomic mass is 9.80. The lowest BCUT2D eigenvalue weighted by Crippen LogP contribution is -2.49. The van der Waals surface area contributed by atoms with E-state index in [4.69, 9.17) is 4.65 Å². The van der Waals surface area contributed by atoms with Gasteiger partial charge >= 0.3 is 7.48 Å². The van der Waals surface area contributed by atoms with E-state index in [1.165, 1.54) is 6.26 Å². The van der Waals surface area contributed by atoms with Crippen LogP contribution in [0.4, 0.5) is 0 Å². The molecule has 0 saturated carbocycles. The summed E-state index contributed by atoms with van der Waals surface area (Å²) < 4.78 is 28.7. The summed E-state index contributed by atoms with van der Waals surface area (Å²) in [5.74, 6) is 0. The predicted octanol–water partition coefficient (Wildman–Crippen LogP) is 0.941. The van der Waals surface area contributed by atoms with Gasteiger partial charge in [0.05, 0.1) is 16.1 Å². The maximum Gasteiger partial charge on any atom is 0.309 e. The Kier molecular flexibility index (Phi) is 4.74. The second kappa shape index (κ2) is 5.50. The van der Waals surface area contributed by atoms with Gasteiger partial charge in [-0.15, -0.1) is 0 Å². The summed E-state index contributed by atoms with van der Waals surface area (Å²) in [7, 11) is -2.86. The number of rotatable bonds is 5. The van der Waals surface area contributed by atoms with Crippen LogP contribution in [0.5, 0.6) is 0 Å². The van der Waals surface area contributed by atoms with E-state index in [-0.39, 0.29) is 0 Å². The van der Waals surface area contributed by atoms with Gasteiger partial charge in [-0.1, -0.05) is 11.6 Å². The Balaban J connectivity index is 2.91. The predicted molar refractivity (Wildman–Crippen MR) is 82.5 cm³/mol. The van der Waals surface area contributed by atoms with Gasteiger partial charge in [0.1, 0.15) is 0 Å². The molecule has 0 radical (unpaired) electrons. The lowest BCUT2D eigenvalue weighted by Gasteiger charge is -2.37. The Morgan fingerprint density at radius 3 is 2.15 bits per heavy atom. The van der Waals surface area contributed by atoms with Gasteiger partial charge in [-0.2, -0.15) is 0 Å². The minimum atomic E-state index is -3.19. The normalized spacial score (nSPS) is 13.3. The van der Waals surface area contributed by atoms with Crippen LogP contribution in [0, 0.1) is 6.92 Å². The van der Waals surface area contributed by atoms with Gasteiger partial charge < -0.3 is 9.76 Å². The highest BCUT2D eigenvalue weighted by Gasteiger charge is 2.35. The van der Waals surface area contributed by atoms with E-state index in [0.717, 1.165) is 11.0 Å². The van der Waals surface area contributed by atoms with Crippen molar-refractivity contribution in [3.8, 4) is 0 Å². The van der Waals surface area contributed by atoms with Crippen LogP contribution in [0.3, 0.4) is 0 Å². The number of hydrogen-bond acceptors (Lipinski definition) is 4. The van der Waals surface area contributed by atoms with Crippen LogP contribution in [0.25, 0.3) is 0 Å². The van der Waals surface area contributed by atoms with Crippen molar-refractivity contribution in [2.75, 3.05) is 6.26 Å². The van der Waals surface area contributed by atoms with E-state index in [0.29, 0.717) is 12.4 Å². The zero-order valence-electron chi connectivity index (χ0n) is 13.0. The van der Waals surface area contributed by atoms with E-state index < -0.39 is 21.0 Å². The lowest BCUT2D eigenvalue weighted by molar-refractivity contribution is -0.0893. The third-order valence-electron chi connectivity index (χ3n) is 3.80. The number of benzene rings is 1. The number of aryl methyl sites for hydroxylation is 1. The zero-order valence-corrected chi connectivity index (χ0v) is 13.8. The molecule has 0 heterocycles. The third kappa shape index (κ3) is 4.07. The molecule has 1 aromatic rings. The second-order valence-electron chi connectivity index (χ2n) is 6.22. The average Bonchev–Trinajstić information content (AvgIpc) is 2.24. The van der Waals surface area contributed by atoms with Gasteiger partial charge in [0.25, 0.3) is 0 Å². The van der Waals surface area contributed by atoms with Crippen molar-refractivity contribution in [3.63, 3.8) is 0 Å². The molecule has 0 atom stereocenters. The first-order chi connectivity index (χ1) is 8.84. The monoisotopic (exact) mass is 298 g/mol. The molecule has 0 spiro atoms. The van der Waals surface area contributed by atoms with Crippen molar-refractivity contribution in [3.05, 3.63) is 23.8 Å². The van der Waals surface area contributed by atoms with Crippen LogP contribution < -0.4 is 5.46 Å². The van der Waals surface area contributed by atoms with Crippen LogP contribution in [-0.4, -0.2) is 38.5 Å². The summed E-state index contributed by atoms with van der Waals surface area (Å²) in [6.45, 7) is 8.91. The van der Waals surface area contributed by atoms with Gasteiger partial charge in [-0.3, -0.25) is 0 Å². The Labute approximate surface area is 122 Å². The summed E-state index contributed by atoms with van der Waals surface area (Å²) in [4.78, 5) is 0.306. The molecule has 112 valence electrons. The number of aliphatic hydroxyl groups is 1. The largest absolute Gasteiger partial charge is 0.427 e. The number of hydrogen-bond donors (Lipinski definition) is 1. The maximum absolute atomic E-state index is 11.5. The molecule has 0 aliphatic rings. The molecule has 0 fully saturated rings. The van der Waals surface area contributed by atoms with Crippen LogP contribution in [0.2, 0.25) is 0 Å². The fourth-order valence-corrected chi connectivity index (χ4v) is 2.20. The van der Waals surface area contributed by atoms with E-state index in [1.807, 2.05) is 20.8 Å². The van der Waals surface area contributed by atoms with Gasteiger partial charge in [-0.05, 0) is 52.2 Å². The Morgan fingerprint density at radius 1 is 1.20 bits per heavy atom. The molecule has 0 aliphatic heterocycles. The van der Waals surface area contributed by atoms with Crippen LogP contribution in [0.1, 0.15) is 33.3 Å². The SMILES string of the molecule is Cc1cc(S(C)(=O)=O)ccc1BOC(C)(C)C(C)(C)O. The van der Waals surface area contributed by atoms with Gasteiger partial charge in [0, 0.05) is 6.26 Å². The molecule has 4 nitrogen and oxygen atoms in total. The maximum atomic E-state index is 11.5. The molecule has 0 aromatic heterocycles. The highest BCUT2D eigenvalue weighted by atomic mass is 32.2. The summed E-state index contributed by atoms with van der Waals surface area (Å²) >= 11 is 0. The fraction of sp³-hybridized carbons (Fsp3) is 0.571. The molecular formula is C14H23BO4S. The molecule has 0 amide bonds. The van der Waals surface area contributed by atoms with Crippen molar-refractivity contribution in [2.45, 2.75) is 50.7 Å². The molecule has 1 aromatic carbocycles. The van der Waals surface area contributed by atoms with Crippen molar-refractivity contribution in [2.24, 2.45) is 0 Å². The standard InChI is InChI=1S/C14H23BO4S/c1-10-9-11(20(6,17)18)7-8-12(10)15-19-14(4,5)13(2,3)16/h7-9,15-16H,1-6H3. The van der Waals surface area contributed by atoms with E-state index in [2.05, 4.69) is 0 Å². The minimum absolute atomic E-state index is 0.306. The molecule has 20 heavy (non-hydrogen) atoms. The fourth-order valence-electron chi connectivity index (χ4n) is 1.50. The van der Waals surface area contributed by atoms with E-state index in [1.54, 1.807) is 32.0 Å².